The van der Waals surface area contributed by atoms with Crippen molar-refractivity contribution in [1.29, 1.82) is 0 Å². The number of hydrogen-bond donors (Lipinski definition) is 2. The molecule has 2 aromatic rings. The maximum Gasteiger partial charge on any atom is 0.231 e. The van der Waals surface area contributed by atoms with Gasteiger partial charge in [-0.2, -0.15) is 0 Å². The molecule has 1 aliphatic heterocycles. The number of aliphatic imine (C=N–C) groups is 1. The summed E-state index contributed by atoms with van der Waals surface area (Å²) in [6.45, 7) is 1.81. The van der Waals surface area contributed by atoms with Gasteiger partial charge in [0.25, 0.3) is 0 Å². The summed E-state index contributed by atoms with van der Waals surface area (Å²) in [6, 6.07) is 14.1. The van der Waals surface area contributed by atoms with E-state index in [0.29, 0.717) is 13.3 Å². The number of ether oxygens (including phenoxy) is 3. The van der Waals surface area contributed by atoms with E-state index in [-0.39, 0.29) is 24.0 Å². The lowest BCUT2D eigenvalue weighted by molar-refractivity contribution is 0.174. The normalized spacial score (nSPS) is 12.3. The number of methoxy groups -OCH3 is 1. The van der Waals surface area contributed by atoms with Gasteiger partial charge in [-0.05, 0) is 48.2 Å². The first-order valence-corrected chi connectivity index (χ1v) is 8.74. The van der Waals surface area contributed by atoms with Crippen molar-refractivity contribution in [3.05, 3.63) is 53.6 Å². The highest BCUT2D eigenvalue weighted by atomic mass is 127. The molecule has 2 aromatic carbocycles. The van der Waals surface area contributed by atoms with E-state index in [0.717, 1.165) is 48.2 Å². The van der Waals surface area contributed by atoms with Crippen molar-refractivity contribution in [2.75, 3.05) is 27.5 Å². The van der Waals surface area contributed by atoms with Crippen molar-refractivity contribution < 1.29 is 14.2 Å². The number of nitrogens with zero attached hydrogens (tertiary/aromatic N) is 1. The van der Waals surface area contributed by atoms with Gasteiger partial charge >= 0.3 is 0 Å². The molecule has 0 spiro atoms. The summed E-state index contributed by atoms with van der Waals surface area (Å²) in [4.78, 5) is 4.27. The van der Waals surface area contributed by atoms with E-state index < -0.39 is 0 Å². The topological polar surface area (TPSA) is 64.1 Å². The zero-order chi connectivity index (χ0) is 18.2. The van der Waals surface area contributed by atoms with Crippen LogP contribution in [0.4, 0.5) is 0 Å². The van der Waals surface area contributed by atoms with Crippen molar-refractivity contribution in [2.24, 2.45) is 4.99 Å². The van der Waals surface area contributed by atoms with E-state index in [1.54, 1.807) is 14.2 Å². The molecule has 146 valence electrons. The van der Waals surface area contributed by atoms with Crippen LogP contribution in [0.3, 0.4) is 0 Å². The predicted molar refractivity (Wildman–Crippen MR) is 117 cm³/mol. The molecule has 0 radical (unpaired) electrons. The minimum absolute atomic E-state index is 0. The standard InChI is InChI=1S/C20H25N3O3.HI/c1-21-20(22-10-4-6-15-5-3-7-17(11-15)24-2)23-13-16-8-9-18-19(12-16)26-14-25-18;/h3,5,7-9,11-12H,4,6,10,13-14H2,1-2H3,(H2,21,22,23);1H. The molecule has 0 bridgehead atoms. The zero-order valence-electron chi connectivity index (χ0n) is 15.7. The van der Waals surface area contributed by atoms with E-state index >= 15 is 0 Å². The Kier molecular flexibility index (Phi) is 8.50. The number of hydrogen-bond acceptors (Lipinski definition) is 4. The monoisotopic (exact) mass is 483 g/mol. The van der Waals surface area contributed by atoms with Gasteiger partial charge in [0, 0.05) is 20.1 Å². The average Bonchev–Trinajstić information content (AvgIpc) is 3.15. The average molecular weight is 483 g/mol. The first-order chi connectivity index (χ1) is 12.8. The summed E-state index contributed by atoms with van der Waals surface area (Å²) < 4.78 is 16.0. The number of halogens is 1. The van der Waals surface area contributed by atoms with Crippen molar-refractivity contribution in [2.45, 2.75) is 19.4 Å². The maximum atomic E-state index is 5.41. The maximum absolute atomic E-state index is 5.41. The van der Waals surface area contributed by atoms with Crippen LogP contribution >= 0.6 is 24.0 Å². The smallest absolute Gasteiger partial charge is 0.231 e. The molecule has 0 atom stereocenters. The van der Waals surface area contributed by atoms with Gasteiger partial charge in [-0.3, -0.25) is 4.99 Å². The number of rotatable bonds is 7. The fourth-order valence-electron chi connectivity index (χ4n) is 2.78. The molecule has 6 nitrogen and oxygen atoms in total. The van der Waals surface area contributed by atoms with Crippen LogP contribution in [0.2, 0.25) is 0 Å². The van der Waals surface area contributed by atoms with Crippen LogP contribution in [0.5, 0.6) is 17.2 Å². The fourth-order valence-corrected chi connectivity index (χ4v) is 2.78. The molecule has 0 saturated heterocycles. The largest absolute Gasteiger partial charge is 0.497 e. The Labute approximate surface area is 177 Å². The third-order valence-corrected chi connectivity index (χ3v) is 4.19. The van der Waals surface area contributed by atoms with Crippen LogP contribution in [0.1, 0.15) is 17.5 Å². The molecule has 7 heteroatoms. The molecule has 0 fully saturated rings. The van der Waals surface area contributed by atoms with Crippen LogP contribution < -0.4 is 24.8 Å². The molecule has 1 heterocycles. The number of benzene rings is 2. The van der Waals surface area contributed by atoms with Crippen molar-refractivity contribution >= 4 is 29.9 Å². The van der Waals surface area contributed by atoms with E-state index in [9.17, 15) is 0 Å². The molecule has 1 aliphatic rings. The Hall–Kier alpha value is -2.16. The molecule has 0 unspecified atom stereocenters. The second-order valence-corrected chi connectivity index (χ2v) is 6.00. The molecule has 2 N–H and O–H groups in total. The summed E-state index contributed by atoms with van der Waals surface area (Å²) in [5.74, 6) is 3.28. The highest BCUT2D eigenvalue weighted by Gasteiger charge is 2.13. The van der Waals surface area contributed by atoms with Gasteiger partial charge in [0.05, 0.1) is 7.11 Å². The number of nitrogens with one attached hydrogen (secondary N) is 2. The van der Waals surface area contributed by atoms with E-state index in [2.05, 4.69) is 27.8 Å². The molecular weight excluding hydrogens is 457 g/mol. The van der Waals surface area contributed by atoms with Gasteiger partial charge in [-0.25, -0.2) is 0 Å². The van der Waals surface area contributed by atoms with E-state index in [1.807, 2.05) is 30.3 Å². The molecular formula is C20H26IN3O3. The van der Waals surface area contributed by atoms with Gasteiger partial charge in [0.2, 0.25) is 6.79 Å². The van der Waals surface area contributed by atoms with Crippen molar-refractivity contribution in [3.63, 3.8) is 0 Å². The Bertz CT molecular complexity index is 768. The summed E-state index contributed by atoms with van der Waals surface area (Å²) in [6.07, 6.45) is 2.00. The first-order valence-electron chi connectivity index (χ1n) is 8.74. The number of fused-ring (bicyclic) bond motifs is 1. The third-order valence-electron chi connectivity index (χ3n) is 4.19. The number of aryl methyl sites for hydroxylation is 1. The Morgan fingerprint density at radius 1 is 1.07 bits per heavy atom. The van der Waals surface area contributed by atoms with Crippen LogP contribution in [0.25, 0.3) is 0 Å². The highest BCUT2D eigenvalue weighted by Crippen LogP contribution is 2.32. The molecule has 0 aromatic heterocycles. The van der Waals surface area contributed by atoms with E-state index in [1.165, 1.54) is 5.56 Å². The molecule has 0 saturated carbocycles. The predicted octanol–water partition coefficient (Wildman–Crippen LogP) is 3.34. The molecule has 0 amide bonds. The van der Waals surface area contributed by atoms with Gasteiger partial charge in [0.1, 0.15) is 5.75 Å². The lowest BCUT2D eigenvalue weighted by atomic mass is 10.1. The third kappa shape index (κ3) is 6.20. The van der Waals surface area contributed by atoms with Crippen LogP contribution in [-0.4, -0.2) is 33.5 Å². The number of guanidine groups is 1. The Balaban J connectivity index is 0.00000261. The fraction of sp³-hybridized carbons (Fsp3) is 0.350. The second-order valence-electron chi connectivity index (χ2n) is 6.00. The Morgan fingerprint density at radius 2 is 1.93 bits per heavy atom. The SMILES string of the molecule is CN=C(NCCCc1cccc(OC)c1)NCc1ccc2c(c1)OCO2.I. The Morgan fingerprint density at radius 3 is 2.74 bits per heavy atom. The first kappa shape index (κ1) is 21.1. The zero-order valence-corrected chi connectivity index (χ0v) is 18.0. The summed E-state index contributed by atoms with van der Waals surface area (Å²) in [7, 11) is 3.47. The summed E-state index contributed by atoms with van der Waals surface area (Å²) in [5.41, 5.74) is 2.39. The minimum atomic E-state index is 0. The second kappa shape index (κ2) is 10.9. The van der Waals surface area contributed by atoms with Gasteiger partial charge < -0.3 is 24.8 Å². The summed E-state index contributed by atoms with van der Waals surface area (Å²) >= 11 is 0. The van der Waals surface area contributed by atoms with Crippen molar-refractivity contribution in [3.8, 4) is 17.2 Å². The van der Waals surface area contributed by atoms with E-state index in [4.69, 9.17) is 14.2 Å². The lowest BCUT2D eigenvalue weighted by Gasteiger charge is -2.12. The van der Waals surface area contributed by atoms with Crippen LogP contribution in [0.15, 0.2) is 47.5 Å². The lowest BCUT2D eigenvalue weighted by Crippen LogP contribution is -2.37. The van der Waals surface area contributed by atoms with Crippen molar-refractivity contribution in [1.82, 2.24) is 10.6 Å². The van der Waals surface area contributed by atoms with Crippen LogP contribution in [-0.2, 0) is 13.0 Å². The van der Waals surface area contributed by atoms with Crippen LogP contribution in [0, 0.1) is 0 Å². The summed E-state index contributed by atoms with van der Waals surface area (Å²) in [5, 5.41) is 6.66. The molecule has 27 heavy (non-hydrogen) atoms. The molecule has 0 aliphatic carbocycles. The highest BCUT2D eigenvalue weighted by molar-refractivity contribution is 14.0. The van der Waals surface area contributed by atoms with Gasteiger partial charge in [-0.15, -0.1) is 24.0 Å². The minimum Gasteiger partial charge on any atom is -0.497 e. The van der Waals surface area contributed by atoms with Gasteiger partial charge in [-0.1, -0.05) is 18.2 Å². The molecule has 3 rings (SSSR count). The quantitative estimate of drug-likeness (QED) is 0.274. The van der Waals surface area contributed by atoms with Gasteiger partial charge in [0.15, 0.2) is 17.5 Å².